The smallest absolute Gasteiger partial charge is 0.338 e. The average molecular weight is 265 g/mol. The average Bonchev–Trinajstić information content (AvgIpc) is 2.92. The Hall–Kier alpha value is -2.55. The molecule has 0 atom stereocenters. The molecule has 0 bridgehead atoms. The normalized spacial score (nSPS) is 10.6. The summed E-state index contributed by atoms with van der Waals surface area (Å²) in [5.41, 5.74) is 1.74. The third kappa shape index (κ3) is 2.57. The summed E-state index contributed by atoms with van der Waals surface area (Å²) >= 11 is 0. The van der Waals surface area contributed by atoms with Crippen molar-refractivity contribution in [3.63, 3.8) is 0 Å². The van der Waals surface area contributed by atoms with Gasteiger partial charge in [-0.15, -0.1) is 0 Å². The van der Waals surface area contributed by atoms with Crippen LogP contribution in [0, 0.1) is 0 Å². The highest BCUT2D eigenvalue weighted by Crippen LogP contribution is 2.14. The molecule has 3 rings (SSSR count). The molecule has 3 heteroatoms. The Morgan fingerprint density at radius 2 is 1.70 bits per heavy atom. The Kier molecular flexibility index (Phi) is 3.50. The van der Waals surface area contributed by atoms with Crippen LogP contribution >= 0.6 is 0 Å². The monoisotopic (exact) mass is 265 g/mol. The molecule has 1 heterocycles. The Bertz CT molecular complexity index is 716. The van der Waals surface area contributed by atoms with E-state index in [2.05, 4.69) is 22.8 Å². The second-order valence-corrected chi connectivity index (χ2v) is 4.57. The third-order valence-electron chi connectivity index (χ3n) is 3.26. The molecule has 3 nitrogen and oxygen atoms in total. The maximum absolute atomic E-state index is 11.8. The molecule has 0 amide bonds. The lowest BCUT2D eigenvalue weighted by Crippen LogP contribution is -2.10. The van der Waals surface area contributed by atoms with Gasteiger partial charge in [0.05, 0.1) is 12.1 Å². The number of nitrogens with zero attached hydrogens (tertiary/aromatic N) is 1. The van der Waals surface area contributed by atoms with E-state index in [1.54, 1.807) is 12.1 Å². The number of carbonyl (C=O) groups excluding carboxylic acids is 1. The van der Waals surface area contributed by atoms with Gasteiger partial charge in [-0.25, -0.2) is 4.79 Å². The van der Waals surface area contributed by atoms with Gasteiger partial charge in [-0.1, -0.05) is 36.4 Å². The lowest BCUT2D eigenvalue weighted by molar-refractivity contribution is 0.0492. The number of ether oxygens (including phenoxy) is 1. The number of esters is 1. The van der Waals surface area contributed by atoms with Gasteiger partial charge in [0.15, 0.2) is 0 Å². The van der Waals surface area contributed by atoms with E-state index in [0.717, 1.165) is 5.52 Å². The van der Waals surface area contributed by atoms with Gasteiger partial charge in [-0.3, -0.25) is 0 Å². The van der Waals surface area contributed by atoms with Crippen LogP contribution in [0.1, 0.15) is 10.4 Å². The highest BCUT2D eigenvalue weighted by Gasteiger charge is 2.06. The minimum Gasteiger partial charge on any atom is -0.460 e. The number of carbonyl (C=O) groups is 1. The molecule has 0 aliphatic carbocycles. The van der Waals surface area contributed by atoms with E-state index < -0.39 is 0 Å². The van der Waals surface area contributed by atoms with E-state index in [1.807, 2.05) is 36.5 Å². The Morgan fingerprint density at radius 3 is 2.55 bits per heavy atom. The summed E-state index contributed by atoms with van der Waals surface area (Å²) < 4.78 is 7.38. The summed E-state index contributed by atoms with van der Waals surface area (Å²) in [7, 11) is 0. The Morgan fingerprint density at radius 1 is 0.950 bits per heavy atom. The van der Waals surface area contributed by atoms with Crippen molar-refractivity contribution < 1.29 is 9.53 Å². The van der Waals surface area contributed by atoms with E-state index in [0.29, 0.717) is 18.7 Å². The van der Waals surface area contributed by atoms with Crippen LogP contribution in [0.4, 0.5) is 0 Å². The predicted molar refractivity (Wildman–Crippen MR) is 78.7 cm³/mol. The minimum atomic E-state index is -0.276. The number of rotatable bonds is 4. The lowest BCUT2D eigenvalue weighted by atomic mass is 10.2. The van der Waals surface area contributed by atoms with Crippen LogP contribution in [0.3, 0.4) is 0 Å². The molecule has 1 aromatic heterocycles. The molecule has 0 N–H and O–H groups in total. The van der Waals surface area contributed by atoms with Gasteiger partial charge in [-0.05, 0) is 29.7 Å². The van der Waals surface area contributed by atoms with Crippen LogP contribution in [0.5, 0.6) is 0 Å². The highest BCUT2D eigenvalue weighted by atomic mass is 16.5. The third-order valence-corrected chi connectivity index (χ3v) is 3.26. The topological polar surface area (TPSA) is 31.2 Å². The van der Waals surface area contributed by atoms with Crippen molar-refractivity contribution in [1.82, 2.24) is 4.57 Å². The van der Waals surface area contributed by atoms with Crippen LogP contribution in [-0.2, 0) is 11.3 Å². The Balaban J connectivity index is 1.62. The number of para-hydroxylation sites is 1. The zero-order valence-electron chi connectivity index (χ0n) is 11.0. The molecule has 0 spiro atoms. The quantitative estimate of drug-likeness (QED) is 0.676. The number of hydrogen-bond donors (Lipinski definition) is 0. The summed E-state index contributed by atoms with van der Waals surface area (Å²) in [6.07, 6.45) is 2.01. The van der Waals surface area contributed by atoms with Crippen molar-refractivity contribution in [1.29, 1.82) is 0 Å². The molecule has 20 heavy (non-hydrogen) atoms. The molecular weight excluding hydrogens is 250 g/mol. The van der Waals surface area contributed by atoms with Gasteiger partial charge in [0.2, 0.25) is 0 Å². The lowest BCUT2D eigenvalue weighted by Gasteiger charge is -2.07. The first-order chi connectivity index (χ1) is 9.84. The first-order valence-electron chi connectivity index (χ1n) is 6.60. The molecule has 0 radical (unpaired) electrons. The molecule has 0 saturated carbocycles. The zero-order valence-corrected chi connectivity index (χ0v) is 11.0. The molecule has 0 unspecified atom stereocenters. The highest BCUT2D eigenvalue weighted by molar-refractivity contribution is 5.89. The molecular formula is C17H15NO2. The van der Waals surface area contributed by atoms with Gasteiger partial charge >= 0.3 is 5.97 Å². The van der Waals surface area contributed by atoms with Crippen LogP contribution in [0.15, 0.2) is 66.9 Å². The summed E-state index contributed by atoms with van der Waals surface area (Å²) in [4.78, 5) is 11.8. The van der Waals surface area contributed by atoms with Crippen molar-refractivity contribution in [3.8, 4) is 0 Å². The first-order valence-corrected chi connectivity index (χ1v) is 6.60. The van der Waals surface area contributed by atoms with Crippen molar-refractivity contribution in [2.45, 2.75) is 6.54 Å². The van der Waals surface area contributed by atoms with Crippen molar-refractivity contribution in [3.05, 3.63) is 72.4 Å². The molecule has 0 saturated heterocycles. The maximum atomic E-state index is 11.8. The standard InChI is InChI=1S/C17H15NO2/c19-17(15-7-2-1-3-8-15)20-13-12-18-11-10-14-6-4-5-9-16(14)18/h1-11H,12-13H2. The van der Waals surface area contributed by atoms with Gasteiger partial charge < -0.3 is 9.30 Å². The van der Waals surface area contributed by atoms with Crippen molar-refractivity contribution in [2.75, 3.05) is 6.61 Å². The van der Waals surface area contributed by atoms with Gasteiger partial charge in [0.1, 0.15) is 6.61 Å². The number of aromatic nitrogens is 1. The van der Waals surface area contributed by atoms with Crippen LogP contribution in [-0.4, -0.2) is 17.1 Å². The summed E-state index contributed by atoms with van der Waals surface area (Å²) in [5.74, 6) is -0.276. The summed E-state index contributed by atoms with van der Waals surface area (Å²) in [6, 6.07) is 19.3. The minimum absolute atomic E-state index is 0.276. The van der Waals surface area contributed by atoms with Crippen molar-refractivity contribution in [2.24, 2.45) is 0 Å². The summed E-state index contributed by atoms with van der Waals surface area (Å²) in [6.45, 7) is 1.03. The largest absolute Gasteiger partial charge is 0.460 e. The molecule has 0 aliphatic heterocycles. The van der Waals surface area contributed by atoms with Gasteiger partial charge in [-0.2, -0.15) is 0 Å². The van der Waals surface area contributed by atoms with Crippen molar-refractivity contribution >= 4 is 16.9 Å². The van der Waals surface area contributed by atoms with E-state index in [4.69, 9.17) is 4.74 Å². The SMILES string of the molecule is O=C(OCCn1ccc2ccccc21)c1ccccc1. The fraction of sp³-hybridized carbons (Fsp3) is 0.118. The number of fused-ring (bicyclic) bond motifs is 1. The van der Waals surface area contributed by atoms with E-state index in [9.17, 15) is 4.79 Å². The number of hydrogen-bond acceptors (Lipinski definition) is 2. The van der Waals surface area contributed by atoms with Gasteiger partial charge in [0, 0.05) is 11.7 Å². The molecule has 100 valence electrons. The fourth-order valence-corrected chi connectivity index (χ4v) is 2.23. The van der Waals surface area contributed by atoms with Crippen LogP contribution in [0.2, 0.25) is 0 Å². The zero-order chi connectivity index (χ0) is 13.8. The van der Waals surface area contributed by atoms with E-state index in [-0.39, 0.29) is 5.97 Å². The van der Waals surface area contributed by atoms with Crippen LogP contribution in [0.25, 0.3) is 10.9 Å². The van der Waals surface area contributed by atoms with E-state index in [1.165, 1.54) is 5.39 Å². The second-order valence-electron chi connectivity index (χ2n) is 4.57. The Labute approximate surface area is 117 Å². The molecule has 3 aromatic rings. The first kappa shape index (κ1) is 12.5. The van der Waals surface area contributed by atoms with E-state index >= 15 is 0 Å². The molecule has 0 fully saturated rings. The number of benzene rings is 2. The summed E-state index contributed by atoms with van der Waals surface area (Å²) in [5, 5.41) is 1.20. The molecule has 2 aromatic carbocycles. The van der Waals surface area contributed by atoms with Crippen LogP contribution < -0.4 is 0 Å². The van der Waals surface area contributed by atoms with Gasteiger partial charge in [0.25, 0.3) is 0 Å². The predicted octanol–water partition coefficient (Wildman–Crippen LogP) is 3.50. The molecule has 0 aliphatic rings. The fourth-order valence-electron chi connectivity index (χ4n) is 2.23. The maximum Gasteiger partial charge on any atom is 0.338 e. The second kappa shape index (κ2) is 5.61.